The summed E-state index contributed by atoms with van der Waals surface area (Å²) in [6, 6.07) is 16.4. The molecule has 2 unspecified atom stereocenters. The Morgan fingerprint density at radius 1 is 0.850 bits per heavy atom. The zero-order chi connectivity index (χ0) is 41.6. The first-order valence-electron chi connectivity index (χ1n) is 21.0. The summed E-state index contributed by atoms with van der Waals surface area (Å²) in [6.07, 6.45) is 7.57. The summed E-state index contributed by atoms with van der Waals surface area (Å²) in [4.78, 5) is 66.6. The van der Waals surface area contributed by atoms with Crippen LogP contribution in [0.15, 0.2) is 77.9 Å². The van der Waals surface area contributed by atoms with Gasteiger partial charge in [0.1, 0.15) is 23.8 Å². The van der Waals surface area contributed by atoms with E-state index in [0.717, 1.165) is 84.0 Å². The lowest BCUT2D eigenvalue weighted by Crippen LogP contribution is -2.50. The predicted molar refractivity (Wildman–Crippen MR) is 225 cm³/mol. The lowest BCUT2D eigenvalue weighted by Gasteiger charge is -2.40. The Morgan fingerprint density at radius 3 is 2.40 bits per heavy atom. The maximum Gasteiger partial charge on any atom is 0.255 e. The highest BCUT2D eigenvalue weighted by Crippen LogP contribution is 2.28. The second-order valence-corrected chi connectivity index (χ2v) is 16.4. The van der Waals surface area contributed by atoms with Crippen LogP contribution < -0.4 is 26.4 Å². The van der Waals surface area contributed by atoms with Gasteiger partial charge < -0.3 is 30.5 Å². The van der Waals surface area contributed by atoms with Gasteiger partial charge in [-0.05, 0) is 87.5 Å². The van der Waals surface area contributed by atoms with Crippen molar-refractivity contribution < 1.29 is 23.2 Å². The number of likely N-dealkylation sites (tertiary alicyclic amines) is 2. The molecule has 3 N–H and O–H groups in total. The standard InChI is InChI=1S/C44H52F2N10O4/c45-36-24-34(49-38-22-31(29-57)25-47-43(38)60)7-8-39(36)54-20-18-53(19-21-54)27-30-9-14-52(15-10-30)28-41(59)55-16-11-33(12-17-55)50-44-48-26-37(46)42(51-44)32-4-3-5-35(23-32)56-13-2-1-6-40(56)58/h1-8,13,23-24,26,29-31,33,38,49H,9-12,14-22,25,27-28H2,(H,47,60)(H,48,50,51). The molecular formula is C44H52F2N10O4. The number of amides is 2. The molecule has 4 fully saturated rings. The normalized spacial score (nSPS) is 21.1. The third-order valence-electron chi connectivity index (χ3n) is 12.3. The molecule has 0 saturated carbocycles. The summed E-state index contributed by atoms with van der Waals surface area (Å²) in [6.45, 7) is 7.88. The van der Waals surface area contributed by atoms with Gasteiger partial charge in [-0.1, -0.05) is 18.2 Å². The molecule has 4 aliphatic heterocycles. The summed E-state index contributed by atoms with van der Waals surface area (Å²) in [5, 5.41) is 9.16. The fourth-order valence-corrected chi connectivity index (χ4v) is 8.82. The molecular weight excluding hydrogens is 771 g/mol. The number of carbonyl (C=O) groups excluding carboxylic acids is 3. The van der Waals surface area contributed by atoms with E-state index >= 15 is 4.39 Å². The molecule has 8 rings (SSSR count). The number of rotatable bonds is 12. The lowest BCUT2D eigenvalue weighted by molar-refractivity contribution is -0.133. The summed E-state index contributed by atoms with van der Waals surface area (Å²) in [5.74, 6) is -0.317. The number of nitrogens with one attached hydrogen (secondary N) is 3. The van der Waals surface area contributed by atoms with Gasteiger partial charge in [-0.15, -0.1) is 0 Å². The van der Waals surface area contributed by atoms with Gasteiger partial charge >= 0.3 is 0 Å². The summed E-state index contributed by atoms with van der Waals surface area (Å²) in [7, 11) is 0. The maximum absolute atomic E-state index is 15.3. The third-order valence-corrected chi connectivity index (χ3v) is 12.3. The number of benzene rings is 2. The number of halogens is 2. The van der Waals surface area contributed by atoms with E-state index in [2.05, 4.69) is 40.6 Å². The molecule has 4 aliphatic rings. The minimum Gasteiger partial charge on any atom is -0.374 e. The van der Waals surface area contributed by atoms with E-state index in [1.54, 1.807) is 54.7 Å². The van der Waals surface area contributed by atoms with Gasteiger partial charge in [0.05, 0.1) is 18.4 Å². The van der Waals surface area contributed by atoms with Crippen molar-refractivity contribution in [3.8, 4) is 16.9 Å². The fourth-order valence-electron chi connectivity index (χ4n) is 8.82. The highest BCUT2D eigenvalue weighted by atomic mass is 19.1. The highest BCUT2D eigenvalue weighted by molar-refractivity contribution is 5.86. The Balaban J connectivity index is 0.742. The number of anilines is 3. The van der Waals surface area contributed by atoms with E-state index in [0.29, 0.717) is 67.1 Å². The van der Waals surface area contributed by atoms with Gasteiger partial charge in [0.2, 0.25) is 17.8 Å². The molecule has 316 valence electrons. The number of carbonyl (C=O) groups is 3. The molecule has 2 aromatic carbocycles. The van der Waals surface area contributed by atoms with Gasteiger partial charge in [-0.2, -0.15) is 0 Å². The van der Waals surface area contributed by atoms with Crippen molar-refractivity contribution in [3.63, 3.8) is 0 Å². The van der Waals surface area contributed by atoms with E-state index in [1.807, 2.05) is 4.90 Å². The first kappa shape index (κ1) is 41.0. The monoisotopic (exact) mass is 822 g/mol. The Bertz CT molecular complexity index is 2220. The molecule has 6 heterocycles. The van der Waals surface area contributed by atoms with Gasteiger partial charge in [-0.25, -0.2) is 18.7 Å². The number of hydrogen-bond acceptors (Lipinski definition) is 11. The average Bonchev–Trinajstić information content (AvgIpc) is 3.26. The van der Waals surface area contributed by atoms with Crippen LogP contribution >= 0.6 is 0 Å². The molecule has 0 bridgehead atoms. The van der Waals surface area contributed by atoms with E-state index in [-0.39, 0.29) is 40.8 Å². The smallest absolute Gasteiger partial charge is 0.255 e. The third kappa shape index (κ3) is 9.82. The van der Waals surface area contributed by atoms with Gasteiger partial charge in [0, 0.05) is 93.5 Å². The molecule has 0 radical (unpaired) electrons. The van der Waals surface area contributed by atoms with Gasteiger partial charge in [0.25, 0.3) is 5.56 Å². The second-order valence-electron chi connectivity index (χ2n) is 16.4. The molecule has 0 spiro atoms. The minimum atomic E-state index is -0.571. The van der Waals surface area contributed by atoms with Crippen LogP contribution in [0.3, 0.4) is 0 Å². The van der Waals surface area contributed by atoms with Crippen molar-refractivity contribution in [2.75, 3.05) is 87.5 Å². The largest absolute Gasteiger partial charge is 0.374 e. The number of aromatic nitrogens is 3. The van der Waals surface area contributed by atoms with Crippen molar-refractivity contribution in [2.24, 2.45) is 11.8 Å². The van der Waals surface area contributed by atoms with Crippen LogP contribution in [0.2, 0.25) is 0 Å². The van der Waals surface area contributed by atoms with Crippen LogP contribution in [0.25, 0.3) is 16.9 Å². The van der Waals surface area contributed by atoms with E-state index in [4.69, 9.17) is 0 Å². The summed E-state index contributed by atoms with van der Waals surface area (Å²) < 4.78 is 31.7. The van der Waals surface area contributed by atoms with E-state index < -0.39 is 11.9 Å². The average molecular weight is 823 g/mol. The maximum atomic E-state index is 15.3. The minimum absolute atomic E-state index is 0.0392. The first-order chi connectivity index (χ1) is 29.2. The first-order valence-corrected chi connectivity index (χ1v) is 21.0. The Morgan fingerprint density at radius 2 is 1.65 bits per heavy atom. The molecule has 2 aromatic heterocycles. The molecule has 16 heteroatoms. The lowest BCUT2D eigenvalue weighted by atomic mass is 9.95. The Kier molecular flexibility index (Phi) is 12.8. The number of piperidine rings is 3. The molecule has 2 amide bonds. The second kappa shape index (κ2) is 18.7. The number of piperazine rings is 1. The van der Waals surface area contributed by atoms with Gasteiger partial charge in [-0.3, -0.25) is 28.8 Å². The van der Waals surface area contributed by atoms with Crippen LogP contribution in [0, 0.1) is 23.5 Å². The van der Waals surface area contributed by atoms with Crippen LogP contribution in [0.5, 0.6) is 0 Å². The van der Waals surface area contributed by atoms with Gasteiger partial charge in [0.15, 0.2) is 5.82 Å². The molecule has 0 aliphatic carbocycles. The molecule has 4 aromatic rings. The zero-order valence-corrected chi connectivity index (χ0v) is 33.6. The summed E-state index contributed by atoms with van der Waals surface area (Å²) in [5.41, 5.74) is 2.17. The Labute approximate surface area is 348 Å². The number of hydrogen-bond donors (Lipinski definition) is 3. The fraction of sp³-hybridized carbons (Fsp3) is 0.455. The van der Waals surface area contributed by atoms with Crippen molar-refractivity contribution in [3.05, 3.63) is 95.0 Å². The highest BCUT2D eigenvalue weighted by Gasteiger charge is 2.30. The number of nitrogens with zero attached hydrogens (tertiary/aromatic N) is 7. The number of pyridine rings is 1. The van der Waals surface area contributed by atoms with E-state index in [1.165, 1.54) is 16.7 Å². The SMILES string of the molecule is O=CC1CNC(=O)C(Nc2ccc(N3CCN(CC4CCN(CC(=O)N5CCC(Nc6ncc(F)c(-c7cccc(-n8ccccc8=O)c7)n6)CC5)CC4)CC3)c(F)c2)C1. The van der Waals surface area contributed by atoms with Crippen molar-refractivity contribution >= 4 is 35.4 Å². The van der Waals surface area contributed by atoms with Crippen LogP contribution in [0.4, 0.5) is 26.1 Å². The van der Waals surface area contributed by atoms with Crippen LogP contribution in [-0.4, -0.2) is 131 Å². The molecule has 2 atom stereocenters. The van der Waals surface area contributed by atoms with Crippen LogP contribution in [0.1, 0.15) is 32.1 Å². The molecule has 60 heavy (non-hydrogen) atoms. The van der Waals surface area contributed by atoms with Crippen LogP contribution in [-0.2, 0) is 14.4 Å². The molecule has 4 saturated heterocycles. The van der Waals surface area contributed by atoms with Crippen molar-refractivity contribution in [1.29, 1.82) is 0 Å². The predicted octanol–water partition coefficient (Wildman–Crippen LogP) is 3.63. The molecule has 14 nitrogen and oxygen atoms in total. The quantitative estimate of drug-likeness (QED) is 0.180. The topological polar surface area (TPSA) is 148 Å². The van der Waals surface area contributed by atoms with Crippen molar-refractivity contribution in [2.45, 2.75) is 44.2 Å². The Hall–Kier alpha value is -5.74. The summed E-state index contributed by atoms with van der Waals surface area (Å²) >= 11 is 0. The van der Waals surface area contributed by atoms with Crippen molar-refractivity contribution in [1.82, 2.24) is 34.6 Å². The zero-order valence-electron chi connectivity index (χ0n) is 33.6. The van der Waals surface area contributed by atoms with E-state index in [9.17, 15) is 23.6 Å². The number of aldehydes is 1.